The van der Waals surface area contributed by atoms with Crippen molar-refractivity contribution in [1.82, 2.24) is 20.4 Å². The van der Waals surface area contributed by atoms with Crippen LogP contribution in [0, 0.1) is 0 Å². The Kier molecular flexibility index (Phi) is 7.60. The maximum absolute atomic E-state index is 5.58. The Morgan fingerprint density at radius 3 is 2.61 bits per heavy atom. The van der Waals surface area contributed by atoms with Crippen LogP contribution in [0.1, 0.15) is 57.6 Å². The van der Waals surface area contributed by atoms with E-state index in [0.29, 0.717) is 6.04 Å². The number of unbranched alkanes of at least 4 members (excludes halogenated alkanes) is 5. The van der Waals surface area contributed by atoms with E-state index in [1.165, 1.54) is 38.5 Å². The summed E-state index contributed by atoms with van der Waals surface area (Å²) in [7, 11) is 1.88. The number of hydrogen-bond donors (Lipinski definition) is 2. The largest absolute Gasteiger partial charge is 0.271 e. The third kappa shape index (κ3) is 6.12. The van der Waals surface area contributed by atoms with Crippen molar-refractivity contribution in [2.45, 2.75) is 64.3 Å². The zero-order valence-corrected chi connectivity index (χ0v) is 11.7. The van der Waals surface area contributed by atoms with Gasteiger partial charge in [0.2, 0.25) is 0 Å². The normalized spacial score (nSPS) is 12.8. The zero-order valence-electron chi connectivity index (χ0n) is 11.7. The van der Waals surface area contributed by atoms with Gasteiger partial charge in [-0.1, -0.05) is 50.7 Å². The van der Waals surface area contributed by atoms with Crippen LogP contribution in [-0.4, -0.2) is 21.0 Å². The van der Waals surface area contributed by atoms with E-state index in [0.717, 1.165) is 18.5 Å². The monoisotopic (exact) mass is 253 g/mol. The number of hydrazine groups is 1. The van der Waals surface area contributed by atoms with Crippen LogP contribution in [0.3, 0.4) is 0 Å². The molecule has 0 saturated carbocycles. The van der Waals surface area contributed by atoms with Crippen molar-refractivity contribution in [1.29, 1.82) is 0 Å². The first-order chi connectivity index (χ1) is 8.76. The number of nitrogens with zero attached hydrogens (tertiary/aromatic N) is 3. The van der Waals surface area contributed by atoms with Crippen LogP contribution in [0.5, 0.6) is 0 Å². The number of hydrogen-bond acceptors (Lipinski definition) is 4. The smallest absolute Gasteiger partial charge is 0.0843 e. The van der Waals surface area contributed by atoms with Gasteiger partial charge in [0.05, 0.1) is 5.69 Å². The number of nitrogens with one attached hydrogen (secondary N) is 1. The molecule has 5 nitrogen and oxygen atoms in total. The average molecular weight is 253 g/mol. The summed E-state index contributed by atoms with van der Waals surface area (Å²) in [5, 5.41) is 8.02. The van der Waals surface area contributed by atoms with Gasteiger partial charge >= 0.3 is 0 Å². The maximum atomic E-state index is 5.58. The third-order valence-electron chi connectivity index (χ3n) is 3.25. The van der Waals surface area contributed by atoms with Gasteiger partial charge in [-0.05, 0) is 6.42 Å². The standard InChI is InChI=1S/C13H27N5/c1-3-4-5-6-7-8-9-12(15-14)10-13-11-18(2)17-16-13/h11-12,15H,3-10,14H2,1-2H3. The zero-order chi connectivity index (χ0) is 13.2. The Labute approximate surface area is 110 Å². The third-order valence-corrected chi connectivity index (χ3v) is 3.25. The van der Waals surface area contributed by atoms with Crippen molar-refractivity contribution in [2.75, 3.05) is 0 Å². The van der Waals surface area contributed by atoms with Crippen molar-refractivity contribution in [2.24, 2.45) is 12.9 Å². The molecule has 0 radical (unpaired) electrons. The molecule has 1 rings (SSSR count). The van der Waals surface area contributed by atoms with Crippen molar-refractivity contribution in [3.8, 4) is 0 Å². The molecular weight excluding hydrogens is 226 g/mol. The Hall–Kier alpha value is -0.940. The molecule has 18 heavy (non-hydrogen) atoms. The first kappa shape index (κ1) is 15.1. The second-order valence-electron chi connectivity index (χ2n) is 5.01. The van der Waals surface area contributed by atoms with Crippen LogP contribution in [0.2, 0.25) is 0 Å². The van der Waals surface area contributed by atoms with Crippen molar-refractivity contribution in [3.63, 3.8) is 0 Å². The van der Waals surface area contributed by atoms with Crippen LogP contribution in [0.15, 0.2) is 6.20 Å². The highest BCUT2D eigenvalue weighted by atomic mass is 15.4. The van der Waals surface area contributed by atoms with E-state index >= 15 is 0 Å². The lowest BCUT2D eigenvalue weighted by molar-refractivity contribution is 0.456. The highest BCUT2D eigenvalue weighted by Crippen LogP contribution is 2.10. The molecule has 5 heteroatoms. The predicted molar refractivity (Wildman–Crippen MR) is 73.8 cm³/mol. The minimum Gasteiger partial charge on any atom is -0.271 e. The lowest BCUT2D eigenvalue weighted by Gasteiger charge is -2.13. The summed E-state index contributed by atoms with van der Waals surface area (Å²) in [6, 6.07) is 0.313. The molecule has 0 aliphatic heterocycles. The fourth-order valence-electron chi connectivity index (χ4n) is 2.16. The summed E-state index contributed by atoms with van der Waals surface area (Å²) < 4.78 is 1.73. The summed E-state index contributed by atoms with van der Waals surface area (Å²) >= 11 is 0. The molecule has 0 bridgehead atoms. The summed E-state index contributed by atoms with van der Waals surface area (Å²) in [6.07, 6.45) is 11.8. The summed E-state index contributed by atoms with van der Waals surface area (Å²) in [6.45, 7) is 2.25. The van der Waals surface area contributed by atoms with Gasteiger partial charge in [-0.25, -0.2) is 0 Å². The van der Waals surface area contributed by atoms with Crippen LogP contribution in [0.4, 0.5) is 0 Å². The van der Waals surface area contributed by atoms with E-state index in [2.05, 4.69) is 22.7 Å². The lowest BCUT2D eigenvalue weighted by atomic mass is 10.0. The molecule has 0 fully saturated rings. The van der Waals surface area contributed by atoms with Gasteiger partial charge in [0.25, 0.3) is 0 Å². The molecule has 0 spiro atoms. The molecule has 0 aromatic carbocycles. The number of rotatable bonds is 10. The Bertz CT molecular complexity index is 310. The molecule has 1 aromatic rings. The molecule has 0 amide bonds. The van der Waals surface area contributed by atoms with Gasteiger partial charge in [-0.3, -0.25) is 16.0 Å². The molecule has 0 aliphatic carbocycles. The second-order valence-corrected chi connectivity index (χ2v) is 5.01. The van der Waals surface area contributed by atoms with Crippen LogP contribution in [-0.2, 0) is 13.5 Å². The fraction of sp³-hybridized carbons (Fsp3) is 0.846. The van der Waals surface area contributed by atoms with E-state index in [1.807, 2.05) is 13.2 Å². The van der Waals surface area contributed by atoms with Gasteiger partial charge in [-0.15, -0.1) is 5.10 Å². The molecule has 1 heterocycles. The predicted octanol–water partition coefficient (Wildman–Crippen LogP) is 1.94. The van der Waals surface area contributed by atoms with Gasteiger partial charge < -0.3 is 0 Å². The molecule has 0 aliphatic rings. The highest BCUT2D eigenvalue weighted by molar-refractivity contribution is 4.95. The van der Waals surface area contributed by atoms with Crippen LogP contribution in [0.25, 0.3) is 0 Å². The first-order valence-electron chi connectivity index (χ1n) is 7.07. The molecule has 0 saturated heterocycles. The molecular formula is C13H27N5. The SMILES string of the molecule is CCCCCCCCC(Cc1cn(C)nn1)NN. The first-order valence-corrected chi connectivity index (χ1v) is 7.07. The van der Waals surface area contributed by atoms with Gasteiger partial charge in [-0.2, -0.15) is 0 Å². The quantitative estimate of drug-likeness (QED) is 0.380. The van der Waals surface area contributed by atoms with Gasteiger partial charge in [0, 0.05) is 25.7 Å². The fourth-order valence-corrected chi connectivity index (χ4v) is 2.16. The average Bonchev–Trinajstić information content (AvgIpc) is 2.77. The van der Waals surface area contributed by atoms with Crippen molar-refractivity contribution in [3.05, 3.63) is 11.9 Å². The molecule has 1 aromatic heterocycles. The van der Waals surface area contributed by atoms with E-state index < -0.39 is 0 Å². The van der Waals surface area contributed by atoms with Crippen LogP contribution >= 0.6 is 0 Å². The van der Waals surface area contributed by atoms with E-state index in [9.17, 15) is 0 Å². The summed E-state index contributed by atoms with van der Waals surface area (Å²) in [5.74, 6) is 5.58. The molecule has 104 valence electrons. The van der Waals surface area contributed by atoms with E-state index in [-0.39, 0.29) is 0 Å². The van der Waals surface area contributed by atoms with E-state index in [1.54, 1.807) is 4.68 Å². The highest BCUT2D eigenvalue weighted by Gasteiger charge is 2.09. The Balaban J connectivity index is 2.13. The maximum Gasteiger partial charge on any atom is 0.0843 e. The lowest BCUT2D eigenvalue weighted by Crippen LogP contribution is -2.36. The van der Waals surface area contributed by atoms with Crippen molar-refractivity contribution < 1.29 is 0 Å². The minimum absolute atomic E-state index is 0.313. The van der Waals surface area contributed by atoms with Gasteiger partial charge in [0.15, 0.2) is 0 Å². The Morgan fingerprint density at radius 1 is 1.28 bits per heavy atom. The topological polar surface area (TPSA) is 68.8 Å². The number of aryl methyl sites for hydroxylation is 1. The summed E-state index contributed by atoms with van der Waals surface area (Å²) in [5.41, 5.74) is 3.89. The van der Waals surface area contributed by atoms with Crippen molar-refractivity contribution >= 4 is 0 Å². The minimum atomic E-state index is 0.313. The van der Waals surface area contributed by atoms with Gasteiger partial charge in [0.1, 0.15) is 0 Å². The van der Waals surface area contributed by atoms with Crippen LogP contribution < -0.4 is 11.3 Å². The number of nitrogens with two attached hydrogens (primary N) is 1. The Morgan fingerprint density at radius 2 is 2.00 bits per heavy atom. The molecule has 1 unspecified atom stereocenters. The second kappa shape index (κ2) is 9.05. The molecule has 1 atom stereocenters. The number of aromatic nitrogens is 3. The molecule has 3 N–H and O–H groups in total. The van der Waals surface area contributed by atoms with E-state index in [4.69, 9.17) is 5.84 Å². The summed E-state index contributed by atoms with van der Waals surface area (Å²) in [4.78, 5) is 0.